The predicted octanol–water partition coefficient (Wildman–Crippen LogP) is 0.912. The molecule has 1 aromatic carbocycles. The van der Waals surface area contributed by atoms with Crippen molar-refractivity contribution < 1.29 is 19.3 Å². The van der Waals surface area contributed by atoms with Crippen LogP contribution in [0.1, 0.15) is 23.6 Å². The molecule has 1 aliphatic heterocycles. The van der Waals surface area contributed by atoms with Crippen LogP contribution in [0.2, 0.25) is 0 Å². The Morgan fingerprint density at radius 3 is 2.90 bits per heavy atom. The molecule has 3 aromatic rings. The minimum absolute atomic E-state index is 0.241. The summed E-state index contributed by atoms with van der Waals surface area (Å²) in [7, 11) is 0. The maximum absolute atomic E-state index is 14.1. The van der Waals surface area contributed by atoms with Crippen molar-refractivity contribution in [1.29, 1.82) is 0 Å². The fourth-order valence-corrected chi connectivity index (χ4v) is 4.43. The van der Waals surface area contributed by atoms with Crippen LogP contribution in [0.4, 0.5) is 10.2 Å². The van der Waals surface area contributed by atoms with Crippen LogP contribution in [0.15, 0.2) is 30.7 Å². The number of halogens is 1. The molecule has 1 aliphatic carbocycles. The van der Waals surface area contributed by atoms with Gasteiger partial charge in [0.2, 0.25) is 0 Å². The maximum Gasteiger partial charge on any atom is 0.145 e. The number of hydrogen-bond donors (Lipinski definition) is 4. The van der Waals surface area contributed by atoms with Crippen LogP contribution in [-0.2, 0) is 13.0 Å². The van der Waals surface area contributed by atoms with E-state index in [9.17, 15) is 14.6 Å². The highest BCUT2D eigenvalue weighted by atomic mass is 19.1. The number of rotatable bonds is 3. The van der Waals surface area contributed by atoms with Crippen LogP contribution >= 0.6 is 0 Å². The Bertz CT molecular complexity index is 1070. The van der Waals surface area contributed by atoms with Crippen molar-refractivity contribution in [3.63, 3.8) is 0 Å². The van der Waals surface area contributed by atoms with Gasteiger partial charge >= 0.3 is 0 Å². The number of aliphatic hydroxyl groups is 2. The molecule has 0 bridgehead atoms. The Labute approximate surface area is 166 Å². The number of aromatic nitrogens is 3. The van der Waals surface area contributed by atoms with Crippen LogP contribution in [0.3, 0.4) is 0 Å². The molecule has 0 saturated heterocycles. The SMILES string of the molecule is Nc1ncnc2c1ccn2[C@@H]1C[C@H](Oc2ccc(F)c3c2CNCC3)[C@@H](O)[C@H]1O. The Morgan fingerprint density at radius 1 is 1.17 bits per heavy atom. The van der Waals surface area contributed by atoms with Gasteiger partial charge in [-0.3, -0.25) is 0 Å². The zero-order valence-corrected chi connectivity index (χ0v) is 15.6. The smallest absolute Gasteiger partial charge is 0.145 e. The van der Waals surface area contributed by atoms with Crippen LogP contribution in [0.25, 0.3) is 11.0 Å². The van der Waals surface area contributed by atoms with Crippen molar-refractivity contribution in [1.82, 2.24) is 19.9 Å². The van der Waals surface area contributed by atoms with Gasteiger partial charge in [0, 0.05) is 24.7 Å². The van der Waals surface area contributed by atoms with E-state index >= 15 is 0 Å². The Balaban J connectivity index is 1.44. The normalized spacial score (nSPS) is 26.6. The summed E-state index contributed by atoms with van der Waals surface area (Å²) in [5.74, 6) is 0.657. The quantitative estimate of drug-likeness (QED) is 0.517. The summed E-state index contributed by atoms with van der Waals surface area (Å²) in [5.41, 5.74) is 7.91. The van der Waals surface area contributed by atoms with Crippen LogP contribution in [0.5, 0.6) is 5.75 Å². The molecule has 8 nitrogen and oxygen atoms in total. The Hall–Kier alpha value is -2.75. The molecule has 5 rings (SSSR count). The third-order valence-electron chi connectivity index (χ3n) is 5.96. The molecule has 1 saturated carbocycles. The summed E-state index contributed by atoms with van der Waals surface area (Å²) < 4.78 is 22.0. The molecule has 152 valence electrons. The lowest BCUT2D eigenvalue weighted by Crippen LogP contribution is -2.35. The van der Waals surface area contributed by atoms with E-state index in [2.05, 4.69) is 15.3 Å². The number of ether oxygens (including phenoxy) is 1. The molecule has 29 heavy (non-hydrogen) atoms. The fourth-order valence-electron chi connectivity index (χ4n) is 4.43. The number of aliphatic hydroxyl groups excluding tert-OH is 2. The number of nitrogens with one attached hydrogen (secondary N) is 1. The summed E-state index contributed by atoms with van der Waals surface area (Å²) in [5, 5.41) is 25.2. The van der Waals surface area contributed by atoms with E-state index in [-0.39, 0.29) is 5.82 Å². The third-order valence-corrected chi connectivity index (χ3v) is 5.96. The van der Waals surface area contributed by atoms with Gasteiger partial charge in [-0.1, -0.05) is 0 Å². The Morgan fingerprint density at radius 2 is 2.03 bits per heavy atom. The largest absolute Gasteiger partial charge is 0.487 e. The van der Waals surface area contributed by atoms with Gasteiger partial charge in [-0.25, -0.2) is 14.4 Å². The summed E-state index contributed by atoms with van der Waals surface area (Å²) in [4.78, 5) is 8.25. The number of anilines is 1. The highest BCUT2D eigenvalue weighted by Gasteiger charge is 2.44. The first-order valence-electron chi connectivity index (χ1n) is 9.65. The van der Waals surface area contributed by atoms with Crippen LogP contribution in [0, 0.1) is 5.82 Å². The number of benzene rings is 1. The van der Waals surface area contributed by atoms with Crippen molar-refractivity contribution in [2.75, 3.05) is 12.3 Å². The van der Waals surface area contributed by atoms with Crippen molar-refractivity contribution >= 4 is 16.9 Å². The lowest BCUT2D eigenvalue weighted by molar-refractivity contribution is -0.0166. The molecule has 0 radical (unpaired) electrons. The van der Waals surface area contributed by atoms with E-state index in [0.717, 1.165) is 5.56 Å². The second-order valence-corrected chi connectivity index (χ2v) is 7.59. The monoisotopic (exact) mass is 399 g/mol. The van der Waals surface area contributed by atoms with Gasteiger partial charge in [0.05, 0.1) is 11.4 Å². The molecular weight excluding hydrogens is 377 g/mol. The number of nitrogens with zero attached hydrogens (tertiary/aromatic N) is 3. The van der Waals surface area contributed by atoms with E-state index in [4.69, 9.17) is 10.5 Å². The molecule has 5 N–H and O–H groups in total. The second kappa shape index (κ2) is 6.94. The van der Waals surface area contributed by atoms with Gasteiger partial charge in [0.15, 0.2) is 0 Å². The highest BCUT2D eigenvalue weighted by molar-refractivity contribution is 5.86. The maximum atomic E-state index is 14.1. The molecule has 1 fully saturated rings. The van der Waals surface area contributed by atoms with E-state index in [1.807, 2.05) is 0 Å². The molecule has 4 atom stereocenters. The fraction of sp³-hybridized carbons (Fsp3) is 0.400. The zero-order valence-electron chi connectivity index (χ0n) is 15.6. The van der Waals surface area contributed by atoms with E-state index in [1.165, 1.54) is 12.4 Å². The first kappa shape index (κ1) is 18.3. The minimum atomic E-state index is -1.09. The van der Waals surface area contributed by atoms with Crippen LogP contribution < -0.4 is 15.8 Å². The topological polar surface area (TPSA) is 118 Å². The van der Waals surface area contributed by atoms with Gasteiger partial charge < -0.3 is 30.6 Å². The minimum Gasteiger partial charge on any atom is -0.487 e. The molecule has 0 unspecified atom stereocenters. The average Bonchev–Trinajstić information content (AvgIpc) is 3.28. The predicted molar refractivity (Wildman–Crippen MR) is 104 cm³/mol. The molecule has 0 spiro atoms. The van der Waals surface area contributed by atoms with E-state index < -0.39 is 24.4 Å². The lowest BCUT2D eigenvalue weighted by Gasteiger charge is -2.24. The van der Waals surface area contributed by atoms with Gasteiger partial charge in [-0.2, -0.15) is 0 Å². The van der Waals surface area contributed by atoms with Crippen molar-refractivity contribution in [2.24, 2.45) is 0 Å². The molecular formula is C20H22FN5O3. The van der Waals surface area contributed by atoms with Gasteiger partial charge in [-0.15, -0.1) is 0 Å². The molecule has 2 aliphatic rings. The van der Waals surface area contributed by atoms with Gasteiger partial charge in [0.25, 0.3) is 0 Å². The number of fused-ring (bicyclic) bond motifs is 2. The van der Waals surface area contributed by atoms with E-state index in [1.54, 1.807) is 22.9 Å². The second-order valence-electron chi connectivity index (χ2n) is 7.59. The summed E-state index contributed by atoms with van der Waals surface area (Å²) in [6.07, 6.45) is 1.35. The number of nitrogen functional groups attached to an aromatic ring is 1. The van der Waals surface area contributed by atoms with Crippen molar-refractivity contribution in [2.45, 2.75) is 43.7 Å². The average molecular weight is 399 g/mol. The molecule has 0 amide bonds. The molecule has 9 heteroatoms. The van der Waals surface area contributed by atoms with Crippen LogP contribution in [-0.4, -0.2) is 49.6 Å². The van der Waals surface area contributed by atoms with Crippen molar-refractivity contribution in [3.8, 4) is 5.75 Å². The Kier molecular flexibility index (Phi) is 4.38. The van der Waals surface area contributed by atoms with Gasteiger partial charge in [0.1, 0.15) is 47.7 Å². The van der Waals surface area contributed by atoms with Gasteiger partial charge in [-0.05, 0) is 36.7 Å². The zero-order chi connectivity index (χ0) is 20.1. The summed E-state index contributed by atoms with van der Waals surface area (Å²) in [6.45, 7) is 1.22. The standard InChI is InChI=1S/C20H22FN5O3/c21-13-1-2-15(12-8-23-5-3-10(12)13)29-16-7-14(17(27)18(16)28)26-6-4-11-19(22)24-9-25-20(11)26/h1-2,4,6,9,14,16-18,23,27-28H,3,5,7-8H2,(H2,22,24,25)/t14-,16+,17+,18-/m1/s1. The first-order chi connectivity index (χ1) is 14.0. The first-order valence-corrected chi connectivity index (χ1v) is 9.65. The lowest BCUT2D eigenvalue weighted by atomic mass is 9.99. The molecule has 3 heterocycles. The number of hydrogen-bond acceptors (Lipinski definition) is 7. The highest BCUT2D eigenvalue weighted by Crippen LogP contribution is 2.37. The van der Waals surface area contributed by atoms with E-state index in [0.29, 0.717) is 54.1 Å². The summed E-state index contributed by atoms with van der Waals surface area (Å²) in [6, 6.07) is 4.34. The third kappa shape index (κ3) is 2.93. The molecule has 2 aromatic heterocycles. The number of nitrogens with two attached hydrogens (primary N) is 1. The van der Waals surface area contributed by atoms with Crippen molar-refractivity contribution in [3.05, 3.63) is 47.7 Å². The summed E-state index contributed by atoms with van der Waals surface area (Å²) >= 11 is 0.